The van der Waals surface area contributed by atoms with E-state index in [0.29, 0.717) is 17.1 Å². The summed E-state index contributed by atoms with van der Waals surface area (Å²) in [5.74, 6) is 0.0429. The van der Waals surface area contributed by atoms with Crippen molar-refractivity contribution >= 4 is 29.1 Å². The molecule has 1 aromatic heterocycles. The molecule has 0 saturated carbocycles. The van der Waals surface area contributed by atoms with Crippen LogP contribution in [0.15, 0.2) is 60.8 Å². The van der Waals surface area contributed by atoms with Crippen molar-refractivity contribution in [3.05, 3.63) is 82.6 Å². The molecular weight excluding hydrogens is 447 g/mol. The Labute approximate surface area is 186 Å². The van der Waals surface area contributed by atoms with Gasteiger partial charge >= 0.3 is 6.18 Å². The van der Waals surface area contributed by atoms with E-state index in [-0.39, 0.29) is 23.7 Å². The number of hydrogen-bond donors (Lipinski definition) is 2. The Kier molecular flexibility index (Phi) is 6.99. The smallest absolute Gasteiger partial charge is 0.417 e. The molecule has 10 heteroatoms. The van der Waals surface area contributed by atoms with Crippen molar-refractivity contribution in [1.82, 2.24) is 10.3 Å². The van der Waals surface area contributed by atoms with Crippen LogP contribution in [0.2, 0.25) is 5.02 Å². The maximum absolute atomic E-state index is 13.0. The molecule has 3 rings (SSSR count). The highest BCUT2D eigenvalue weighted by Gasteiger charge is 2.33. The molecule has 0 saturated heterocycles. The summed E-state index contributed by atoms with van der Waals surface area (Å²) in [4.78, 5) is 27.8. The van der Waals surface area contributed by atoms with E-state index < -0.39 is 22.7 Å². The fraction of sp³-hybridized carbons (Fsp3) is 0.136. The monoisotopic (exact) mass is 463 g/mol. The van der Waals surface area contributed by atoms with Gasteiger partial charge in [-0.1, -0.05) is 23.7 Å². The van der Waals surface area contributed by atoms with Crippen LogP contribution >= 0.6 is 11.6 Å². The Morgan fingerprint density at radius 1 is 1.03 bits per heavy atom. The lowest BCUT2D eigenvalue weighted by molar-refractivity contribution is -0.137. The highest BCUT2D eigenvalue weighted by atomic mass is 35.5. The first-order valence-corrected chi connectivity index (χ1v) is 9.65. The number of benzene rings is 2. The number of carbonyl (C=O) groups is 2. The van der Waals surface area contributed by atoms with Gasteiger partial charge in [-0.3, -0.25) is 14.6 Å². The Morgan fingerprint density at radius 2 is 1.75 bits per heavy atom. The van der Waals surface area contributed by atoms with E-state index in [0.717, 1.165) is 12.1 Å². The summed E-state index contributed by atoms with van der Waals surface area (Å²) in [6, 6.07) is 12.8. The summed E-state index contributed by atoms with van der Waals surface area (Å²) in [6.45, 7) is 0. The minimum absolute atomic E-state index is 0.00344. The Balaban J connectivity index is 1.62. The van der Waals surface area contributed by atoms with E-state index >= 15 is 0 Å². The summed E-state index contributed by atoms with van der Waals surface area (Å²) in [5, 5.41) is 4.46. The SMILES string of the molecule is CNC(=O)c1cc(Oc2ccc(CC(=O)Nc3ccc(Cl)c(C(F)(F)F)c3)cc2)ccn1. The largest absolute Gasteiger partial charge is 0.457 e. The molecule has 0 spiro atoms. The van der Waals surface area contributed by atoms with Gasteiger partial charge in [-0.25, -0.2) is 0 Å². The summed E-state index contributed by atoms with van der Waals surface area (Å²) in [6.07, 6.45) is -3.23. The van der Waals surface area contributed by atoms with Crippen LogP contribution in [0.4, 0.5) is 18.9 Å². The maximum Gasteiger partial charge on any atom is 0.417 e. The quantitative estimate of drug-likeness (QED) is 0.534. The number of alkyl halides is 3. The van der Waals surface area contributed by atoms with Crippen molar-refractivity contribution in [1.29, 1.82) is 0 Å². The molecule has 0 aliphatic carbocycles. The predicted octanol–water partition coefficient (Wildman–Crippen LogP) is 5.09. The molecule has 0 atom stereocenters. The van der Waals surface area contributed by atoms with Gasteiger partial charge in [0.2, 0.25) is 5.91 Å². The zero-order chi connectivity index (χ0) is 23.3. The third kappa shape index (κ3) is 5.98. The average molecular weight is 464 g/mol. The number of amides is 2. The van der Waals surface area contributed by atoms with E-state index in [1.807, 2.05) is 0 Å². The first-order chi connectivity index (χ1) is 15.2. The van der Waals surface area contributed by atoms with Crippen LogP contribution in [0.5, 0.6) is 11.5 Å². The zero-order valence-electron chi connectivity index (χ0n) is 16.7. The van der Waals surface area contributed by atoms with Crippen molar-refractivity contribution in [3.63, 3.8) is 0 Å². The molecule has 166 valence electrons. The van der Waals surface area contributed by atoms with Gasteiger partial charge in [0.1, 0.15) is 17.2 Å². The molecule has 0 fully saturated rings. The van der Waals surface area contributed by atoms with E-state index in [9.17, 15) is 22.8 Å². The van der Waals surface area contributed by atoms with Crippen molar-refractivity contribution in [2.75, 3.05) is 12.4 Å². The number of ether oxygens (including phenoxy) is 1. The lowest BCUT2D eigenvalue weighted by atomic mass is 10.1. The number of pyridine rings is 1. The van der Waals surface area contributed by atoms with E-state index in [4.69, 9.17) is 16.3 Å². The summed E-state index contributed by atoms with van der Waals surface area (Å²) >= 11 is 5.58. The zero-order valence-corrected chi connectivity index (χ0v) is 17.4. The number of nitrogens with one attached hydrogen (secondary N) is 2. The third-order valence-corrected chi connectivity index (χ3v) is 4.60. The van der Waals surface area contributed by atoms with Gasteiger partial charge in [0.25, 0.3) is 5.91 Å². The molecule has 0 aliphatic heterocycles. The van der Waals surface area contributed by atoms with Gasteiger partial charge in [-0.2, -0.15) is 13.2 Å². The van der Waals surface area contributed by atoms with Crippen LogP contribution in [-0.4, -0.2) is 23.8 Å². The molecule has 0 unspecified atom stereocenters. The van der Waals surface area contributed by atoms with E-state index in [1.54, 1.807) is 30.3 Å². The molecule has 0 aliphatic rings. The molecule has 2 aromatic carbocycles. The topological polar surface area (TPSA) is 80.3 Å². The maximum atomic E-state index is 13.0. The van der Waals surface area contributed by atoms with Crippen LogP contribution in [-0.2, 0) is 17.4 Å². The van der Waals surface area contributed by atoms with Gasteiger partial charge in [0.05, 0.1) is 17.0 Å². The fourth-order valence-corrected chi connectivity index (χ4v) is 2.97. The van der Waals surface area contributed by atoms with Crippen LogP contribution in [0, 0.1) is 0 Å². The van der Waals surface area contributed by atoms with E-state index in [1.165, 1.54) is 25.4 Å². The van der Waals surface area contributed by atoms with Crippen molar-refractivity contribution in [3.8, 4) is 11.5 Å². The average Bonchev–Trinajstić information content (AvgIpc) is 2.75. The Bertz CT molecular complexity index is 1140. The van der Waals surface area contributed by atoms with Gasteiger partial charge in [-0.05, 0) is 42.0 Å². The number of hydrogen-bond acceptors (Lipinski definition) is 4. The first-order valence-electron chi connectivity index (χ1n) is 9.27. The minimum atomic E-state index is -4.62. The standard InChI is InChI=1S/C22H17ClF3N3O3/c1-27-21(31)19-12-16(8-9-28-19)32-15-5-2-13(3-6-15)10-20(30)29-14-4-7-18(23)17(11-14)22(24,25)26/h2-9,11-12H,10H2,1H3,(H,27,31)(H,29,30). The summed E-state index contributed by atoms with van der Waals surface area (Å²) in [7, 11) is 1.49. The molecular formula is C22H17ClF3N3O3. The molecule has 32 heavy (non-hydrogen) atoms. The second-order valence-corrected chi connectivity index (χ2v) is 7.03. The Hall–Kier alpha value is -3.59. The van der Waals surface area contributed by atoms with Gasteiger partial charge < -0.3 is 15.4 Å². The summed E-state index contributed by atoms with van der Waals surface area (Å²) < 4.78 is 44.5. The highest BCUT2D eigenvalue weighted by molar-refractivity contribution is 6.31. The van der Waals surface area contributed by atoms with Crippen molar-refractivity contribution in [2.24, 2.45) is 0 Å². The normalized spacial score (nSPS) is 11.0. The van der Waals surface area contributed by atoms with E-state index in [2.05, 4.69) is 15.6 Å². The lowest BCUT2D eigenvalue weighted by Gasteiger charge is -2.12. The number of aromatic nitrogens is 1. The van der Waals surface area contributed by atoms with Crippen LogP contribution in [0.25, 0.3) is 0 Å². The molecule has 1 heterocycles. The minimum Gasteiger partial charge on any atom is -0.457 e. The number of halogens is 4. The number of rotatable bonds is 6. The molecule has 2 amide bonds. The number of nitrogens with zero attached hydrogens (tertiary/aromatic N) is 1. The second-order valence-electron chi connectivity index (χ2n) is 6.62. The van der Waals surface area contributed by atoms with Crippen LogP contribution in [0.1, 0.15) is 21.6 Å². The third-order valence-electron chi connectivity index (χ3n) is 4.27. The predicted molar refractivity (Wildman–Crippen MR) is 113 cm³/mol. The molecule has 6 nitrogen and oxygen atoms in total. The molecule has 0 bridgehead atoms. The molecule has 2 N–H and O–H groups in total. The summed E-state index contributed by atoms with van der Waals surface area (Å²) in [5.41, 5.74) is -0.194. The molecule has 3 aromatic rings. The molecule has 0 radical (unpaired) electrons. The second kappa shape index (κ2) is 9.69. The van der Waals surface area contributed by atoms with Crippen LogP contribution in [0.3, 0.4) is 0 Å². The van der Waals surface area contributed by atoms with Gasteiger partial charge in [-0.15, -0.1) is 0 Å². The Morgan fingerprint density at radius 3 is 2.41 bits per heavy atom. The van der Waals surface area contributed by atoms with Crippen molar-refractivity contribution < 1.29 is 27.5 Å². The number of anilines is 1. The fourth-order valence-electron chi connectivity index (χ4n) is 2.75. The lowest BCUT2D eigenvalue weighted by Crippen LogP contribution is -2.18. The number of carbonyl (C=O) groups excluding carboxylic acids is 2. The van der Waals surface area contributed by atoms with Gasteiger partial charge in [0.15, 0.2) is 0 Å². The highest BCUT2D eigenvalue weighted by Crippen LogP contribution is 2.36. The van der Waals surface area contributed by atoms with Crippen LogP contribution < -0.4 is 15.4 Å². The van der Waals surface area contributed by atoms with Crippen molar-refractivity contribution in [2.45, 2.75) is 12.6 Å². The first kappa shape index (κ1) is 23.1. The van der Waals surface area contributed by atoms with Gasteiger partial charge in [0, 0.05) is 25.0 Å².